The van der Waals surface area contributed by atoms with Crippen LogP contribution in [0, 0.1) is 0 Å². The topological polar surface area (TPSA) is 80.0 Å². The van der Waals surface area contributed by atoms with Crippen LogP contribution in [0.2, 0.25) is 0 Å². The molecule has 0 fully saturated rings. The lowest BCUT2D eigenvalue weighted by Crippen LogP contribution is -2.19. The second kappa shape index (κ2) is 4.98. The van der Waals surface area contributed by atoms with Crippen molar-refractivity contribution in [2.75, 3.05) is 16.4 Å². The predicted octanol–water partition coefficient (Wildman–Crippen LogP) is 2.31. The third kappa shape index (κ3) is 3.20. The highest BCUT2D eigenvalue weighted by Crippen LogP contribution is 2.10. The van der Waals surface area contributed by atoms with Crippen LogP contribution in [0.1, 0.15) is 0 Å². The summed E-state index contributed by atoms with van der Waals surface area (Å²) >= 11 is 0. The fourth-order valence-electron chi connectivity index (χ4n) is 1.34. The molecule has 2 aromatic rings. The quantitative estimate of drug-likeness (QED) is 0.737. The fourth-order valence-corrected chi connectivity index (χ4v) is 1.34. The molecule has 1 aromatic heterocycles. The van der Waals surface area contributed by atoms with E-state index in [2.05, 4.69) is 15.6 Å². The Morgan fingerprint density at radius 1 is 1.06 bits per heavy atom. The number of urea groups is 1. The maximum Gasteiger partial charge on any atom is 0.323 e. The van der Waals surface area contributed by atoms with Gasteiger partial charge in [-0.15, -0.1) is 0 Å². The summed E-state index contributed by atoms with van der Waals surface area (Å²) in [5.74, 6) is 0.363. The number of amides is 2. The molecule has 5 nitrogen and oxygen atoms in total. The average Bonchev–Trinajstić information content (AvgIpc) is 2.30. The van der Waals surface area contributed by atoms with Crippen LogP contribution in [0.25, 0.3) is 0 Å². The third-order valence-corrected chi connectivity index (χ3v) is 2.07. The molecule has 86 valence electrons. The maximum absolute atomic E-state index is 11.6. The van der Waals surface area contributed by atoms with Crippen molar-refractivity contribution < 1.29 is 4.79 Å². The van der Waals surface area contributed by atoms with Crippen molar-refractivity contribution >= 4 is 23.2 Å². The van der Waals surface area contributed by atoms with Gasteiger partial charge in [-0.05, 0) is 18.2 Å². The number of nitrogens with two attached hydrogens (primary N) is 1. The number of nitrogens with one attached hydrogen (secondary N) is 2. The molecule has 17 heavy (non-hydrogen) atoms. The van der Waals surface area contributed by atoms with Crippen LogP contribution >= 0.6 is 0 Å². The number of rotatable bonds is 2. The third-order valence-electron chi connectivity index (χ3n) is 2.07. The highest BCUT2D eigenvalue weighted by molar-refractivity contribution is 5.99. The molecule has 2 rings (SSSR count). The zero-order valence-corrected chi connectivity index (χ0v) is 9.05. The molecule has 0 unspecified atom stereocenters. The summed E-state index contributed by atoms with van der Waals surface area (Å²) in [5.41, 5.74) is 6.84. The molecule has 2 amide bonds. The number of hydrogen-bond donors (Lipinski definition) is 3. The van der Waals surface area contributed by atoms with Crippen molar-refractivity contribution in [1.82, 2.24) is 4.98 Å². The van der Waals surface area contributed by atoms with Crippen LogP contribution in [-0.2, 0) is 0 Å². The van der Waals surface area contributed by atoms with E-state index in [1.807, 2.05) is 18.2 Å². The zero-order valence-electron chi connectivity index (χ0n) is 9.05. The van der Waals surface area contributed by atoms with E-state index in [-0.39, 0.29) is 6.03 Å². The van der Waals surface area contributed by atoms with Gasteiger partial charge in [0, 0.05) is 23.6 Å². The Morgan fingerprint density at radius 3 is 2.47 bits per heavy atom. The lowest BCUT2D eigenvalue weighted by atomic mass is 10.3. The van der Waals surface area contributed by atoms with Crippen molar-refractivity contribution in [2.45, 2.75) is 0 Å². The van der Waals surface area contributed by atoms with Crippen LogP contribution in [0.4, 0.5) is 22.0 Å². The molecule has 0 spiro atoms. The first-order valence-electron chi connectivity index (χ1n) is 5.08. The Kier molecular flexibility index (Phi) is 3.20. The van der Waals surface area contributed by atoms with Gasteiger partial charge in [-0.2, -0.15) is 0 Å². The SMILES string of the molecule is Nc1cc(NC(=O)Nc2ccccc2)ccn1. The number of carbonyl (C=O) groups is 1. The maximum atomic E-state index is 11.6. The summed E-state index contributed by atoms with van der Waals surface area (Å²) in [6, 6.07) is 12.1. The standard InChI is InChI=1S/C12H12N4O/c13-11-8-10(6-7-14-11)16-12(17)15-9-4-2-1-3-5-9/h1-8H,(H4,13,14,15,16,17). The Morgan fingerprint density at radius 2 is 1.76 bits per heavy atom. The zero-order chi connectivity index (χ0) is 12.1. The van der Waals surface area contributed by atoms with Crippen LogP contribution < -0.4 is 16.4 Å². The van der Waals surface area contributed by atoms with Crippen molar-refractivity contribution in [2.24, 2.45) is 0 Å². The van der Waals surface area contributed by atoms with E-state index >= 15 is 0 Å². The van der Waals surface area contributed by atoms with Gasteiger partial charge in [0.25, 0.3) is 0 Å². The smallest absolute Gasteiger partial charge is 0.323 e. The monoisotopic (exact) mass is 228 g/mol. The second-order valence-electron chi connectivity index (χ2n) is 3.41. The molecule has 0 saturated heterocycles. The van der Waals surface area contributed by atoms with Crippen LogP contribution in [0.3, 0.4) is 0 Å². The summed E-state index contributed by atoms with van der Waals surface area (Å²) in [5, 5.41) is 5.36. The first kappa shape index (κ1) is 10.9. The Labute approximate surface area is 98.7 Å². The molecule has 0 aliphatic rings. The first-order chi connectivity index (χ1) is 8.24. The van der Waals surface area contributed by atoms with Gasteiger partial charge in [0.2, 0.25) is 0 Å². The minimum atomic E-state index is -0.318. The van der Waals surface area contributed by atoms with E-state index in [9.17, 15) is 4.79 Å². The molecule has 0 atom stereocenters. The molecule has 0 bridgehead atoms. The second-order valence-corrected chi connectivity index (χ2v) is 3.41. The van der Waals surface area contributed by atoms with E-state index < -0.39 is 0 Å². The highest BCUT2D eigenvalue weighted by Gasteiger charge is 2.02. The number of carbonyl (C=O) groups excluding carboxylic acids is 1. The largest absolute Gasteiger partial charge is 0.384 e. The summed E-state index contributed by atoms with van der Waals surface area (Å²) in [6.07, 6.45) is 1.54. The average molecular weight is 228 g/mol. The molecule has 0 radical (unpaired) electrons. The van der Waals surface area contributed by atoms with Crippen molar-refractivity contribution in [3.8, 4) is 0 Å². The van der Waals surface area contributed by atoms with Gasteiger partial charge in [-0.25, -0.2) is 9.78 Å². The molecule has 0 aliphatic carbocycles. The first-order valence-corrected chi connectivity index (χ1v) is 5.08. The number of anilines is 3. The van der Waals surface area contributed by atoms with E-state index in [4.69, 9.17) is 5.73 Å². The van der Waals surface area contributed by atoms with Gasteiger partial charge in [-0.3, -0.25) is 0 Å². The highest BCUT2D eigenvalue weighted by atomic mass is 16.2. The van der Waals surface area contributed by atoms with Gasteiger partial charge in [0.15, 0.2) is 0 Å². The molecule has 0 saturated carbocycles. The molecule has 1 aromatic carbocycles. The normalized spacial score (nSPS) is 9.65. The van der Waals surface area contributed by atoms with Gasteiger partial charge in [0.1, 0.15) is 5.82 Å². The van der Waals surface area contributed by atoms with E-state index in [0.717, 1.165) is 5.69 Å². The lowest BCUT2D eigenvalue weighted by molar-refractivity contribution is 0.262. The van der Waals surface area contributed by atoms with Gasteiger partial charge < -0.3 is 16.4 Å². The Balaban J connectivity index is 1.98. The van der Waals surface area contributed by atoms with E-state index in [0.29, 0.717) is 11.5 Å². The number of nitrogens with zero attached hydrogens (tertiary/aromatic N) is 1. The molecule has 0 aliphatic heterocycles. The molecule has 5 heteroatoms. The van der Waals surface area contributed by atoms with Crippen LogP contribution in [0.15, 0.2) is 48.7 Å². The van der Waals surface area contributed by atoms with E-state index in [1.165, 1.54) is 6.20 Å². The minimum Gasteiger partial charge on any atom is -0.384 e. The molecular weight excluding hydrogens is 216 g/mol. The van der Waals surface area contributed by atoms with Crippen molar-refractivity contribution in [1.29, 1.82) is 0 Å². The van der Waals surface area contributed by atoms with Gasteiger partial charge >= 0.3 is 6.03 Å². The van der Waals surface area contributed by atoms with Crippen molar-refractivity contribution in [3.63, 3.8) is 0 Å². The van der Waals surface area contributed by atoms with Gasteiger partial charge in [0.05, 0.1) is 0 Å². The molecule has 1 heterocycles. The van der Waals surface area contributed by atoms with Gasteiger partial charge in [-0.1, -0.05) is 18.2 Å². The predicted molar refractivity (Wildman–Crippen MR) is 67.7 cm³/mol. The van der Waals surface area contributed by atoms with Crippen LogP contribution in [0.5, 0.6) is 0 Å². The number of aromatic nitrogens is 1. The van der Waals surface area contributed by atoms with Crippen molar-refractivity contribution in [3.05, 3.63) is 48.7 Å². The number of pyridine rings is 1. The Hall–Kier alpha value is -2.56. The number of benzene rings is 1. The number of nitrogen functional groups attached to an aromatic ring is 1. The lowest BCUT2D eigenvalue weighted by Gasteiger charge is -2.07. The van der Waals surface area contributed by atoms with Crippen LogP contribution in [-0.4, -0.2) is 11.0 Å². The minimum absolute atomic E-state index is 0.318. The molecule has 4 N–H and O–H groups in total. The summed E-state index contributed by atoms with van der Waals surface area (Å²) in [6.45, 7) is 0. The summed E-state index contributed by atoms with van der Waals surface area (Å²) in [4.78, 5) is 15.4. The summed E-state index contributed by atoms with van der Waals surface area (Å²) < 4.78 is 0. The number of para-hydroxylation sites is 1. The fraction of sp³-hybridized carbons (Fsp3) is 0. The number of hydrogen-bond acceptors (Lipinski definition) is 3. The summed E-state index contributed by atoms with van der Waals surface area (Å²) in [7, 11) is 0. The molecular formula is C12H12N4O. The van der Waals surface area contributed by atoms with E-state index in [1.54, 1.807) is 24.3 Å². The Bertz CT molecular complexity index is 513.